The molecule has 4 rings (SSSR count). The lowest BCUT2D eigenvalue weighted by Gasteiger charge is -2.18. The van der Waals surface area contributed by atoms with Crippen LogP contribution in [0.25, 0.3) is 21.9 Å². The van der Waals surface area contributed by atoms with E-state index in [1.54, 1.807) is 4.57 Å². The second kappa shape index (κ2) is 8.09. The number of aliphatic hydroxyl groups is 2. The van der Waals surface area contributed by atoms with Crippen LogP contribution in [-0.4, -0.2) is 47.7 Å². The lowest BCUT2D eigenvalue weighted by molar-refractivity contribution is 0.0312. The number of nitrogen functional groups attached to an aromatic ring is 1. The highest BCUT2D eigenvalue weighted by Crippen LogP contribution is 2.39. The summed E-state index contributed by atoms with van der Waals surface area (Å²) in [5, 5.41) is 22.1. The summed E-state index contributed by atoms with van der Waals surface area (Å²) in [5.74, 6) is 7.97. The molecule has 0 aliphatic carbocycles. The number of imidazole rings is 1. The summed E-state index contributed by atoms with van der Waals surface area (Å²) >= 11 is 2.98. The van der Waals surface area contributed by atoms with Crippen LogP contribution in [0.1, 0.15) is 37.4 Å². The molecule has 0 bridgehead atoms. The number of nitrogens with zero attached hydrogens (tertiary/aromatic N) is 4. The Bertz CT molecular complexity index is 1040. The lowest BCUT2D eigenvalue weighted by atomic mass is 10.2. The summed E-state index contributed by atoms with van der Waals surface area (Å²) in [7, 11) is 0. The fourth-order valence-corrected chi connectivity index (χ4v) is 5.04. The van der Waals surface area contributed by atoms with Gasteiger partial charge in [0, 0.05) is 12.2 Å². The van der Waals surface area contributed by atoms with Gasteiger partial charge in [-0.2, -0.15) is 0 Å². The van der Waals surface area contributed by atoms with E-state index in [1.165, 1.54) is 23.1 Å². The van der Waals surface area contributed by atoms with Gasteiger partial charge in [-0.25, -0.2) is 15.0 Å². The standard InChI is InChI=1S/C19H21N5O2S2/c1-2-3-4-5-8-13-21-14-16(20)22-17(12-7-6-9-27-12)23-18(14)24(13)19-15(26)11(25)10-28-19/h6-7,9,11,15,19,25-26H,2-4,10H2,1H3,(H2,20,22,23)/t11-,15-,19-/m1/s1. The van der Waals surface area contributed by atoms with E-state index < -0.39 is 17.6 Å². The van der Waals surface area contributed by atoms with Crippen LogP contribution < -0.4 is 5.73 Å². The Morgan fingerprint density at radius 1 is 1.32 bits per heavy atom. The van der Waals surface area contributed by atoms with Crippen molar-refractivity contribution in [2.45, 2.75) is 43.8 Å². The number of aliphatic hydroxyl groups excluding tert-OH is 2. The van der Waals surface area contributed by atoms with Gasteiger partial charge >= 0.3 is 0 Å². The van der Waals surface area contributed by atoms with E-state index in [2.05, 4.69) is 28.7 Å². The molecule has 4 heterocycles. The molecule has 0 unspecified atom stereocenters. The van der Waals surface area contributed by atoms with Crippen molar-refractivity contribution in [2.24, 2.45) is 0 Å². The van der Waals surface area contributed by atoms with Crippen LogP contribution in [0.4, 0.5) is 5.82 Å². The first kappa shape index (κ1) is 19.2. The van der Waals surface area contributed by atoms with E-state index in [4.69, 9.17) is 10.7 Å². The molecule has 0 radical (unpaired) electrons. The molecular formula is C19H21N5O2S2. The Labute approximate surface area is 171 Å². The first-order chi connectivity index (χ1) is 13.6. The van der Waals surface area contributed by atoms with Gasteiger partial charge in [-0.05, 0) is 23.8 Å². The predicted octanol–water partition coefficient (Wildman–Crippen LogP) is 2.65. The van der Waals surface area contributed by atoms with Crippen molar-refractivity contribution in [1.29, 1.82) is 0 Å². The SMILES string of the molecule is CCCCC#Cc1nc2c(N)nc(-c3cccs3)nc2n1[C@@H]1SC[C@@H](O)[C@H]1O. The molecular weight excluding hydrogens is 394 g/mol. The van der Waals surface area contributed by atoms with E-state index in [0.717, 1.165) is 24.1 Å². The largest absolute Gasteiger partial charge is 0.389 e. The summed E-state index contributed by atoms with van der Waals surface area (Å²) in [5.41, 5.74) is 7.19. The molecule has 9 heteroatoms. The van der Waals surface area contributed by atoms with Gasteiger partial charge in [0.1, 0.15) is 11.5 Å². The van der Waals surface area contributed by atoms with Crippen LogP contribution in [-0.2, 0) is 0 Å². The van der Waals surface area contributed by atoms with Crippen LogP contribution in [0.3, 0.4) is 0 Å². The van der Waals surface area contributed by atoms with Gasteiger partial charge in [-0.3, -0.25) is 4.57 Å². The van der Waals surface area contributed by atoms with E-state index in [0.29, 0.717) is 28.6 Å². The zero-order valence-corrected chi connectivity index (χ0v) is 17.0. The number of nitrogens with two attached hydrogens (primary N) is 1. The molecule has 7 nitrogen and oxygen atoms in total. The minimum atomic E-state index is -0.931. The summed E-state index contributed by atoms with van der Waals surface area (Å²) < 4.78 is 1.80. The van der Waals surface area contributed by atoms with E-state index in [-0.39, 0.29) is 5.82 Å². The molecule has 28 heavy (non-hydrogen) atoms. The van der Waals surface area contributed by atoms with Gasteiger partial charge in [-0.1, -0.05) is 25.3 Å². The zero-order valence-electron chi connectivity index (χ0n) is 15.4. The van der Waals surface area contributed by atoms with E-state index >= 15 is 0 Å². The first-order valence-electron chi connectivity index (χ1n) is 9.16. The maximum Gasteiger partial charge on any atom is 0.188 e. The van der Waals surface area contributed by atoms with Crippen molar-refractivity contribution in [3.63, 3.8) is 0 Å². The molecule has 0 aromatic carbocycles. The average molecular weight is 416 g/mol. The number of anilines is 1. The van der Waals surface area contributed by atoms with Crippen molar-refractivity contribution in [1.82, 2.24) is 19.5 Å². The van der Waals surface area contributed by atoms with Crippen LogP contribution in [0, 0.1) is 11.8 Å². The monoisotopic (exact) mass is 415 g/mol. The predicted molar refractivity (Wildman–Crippen MR) is 113 cm³/mol. The topological polar surface area (TPSA) is 110 Å². The summed E-state index contributed by atoms with van der Waals surface area (Å²) in [6, 6.07) is 3.86. The highest BCUT2D eigenvalue weighted by Gasteiger charge is 2.38. The van der Waals surface area contributed by atoms with Crippen molar-refractivity contribution in [3.8, 4) is 22.5 Å². The zero-order chi connectivity index (χ0) is 19.7. The number of aromatic nitrogens is 4. The summed E-state index contributed by atoms with van der Waals surface area (Å²) in [6.45, 7) is 2.12. The fourth-order valence-electron chi connectivity index (χ4n) is 3.06. The molecule has 0 spiro atoms. The van der Waals surface area contributed by atoms with Gasteiger partial charge in [-0.15, -0.1) is 23.1 Å². The number of rotatable bonds is 4. The quantitative estimate of drug-likeness (QED) is 0.444. The van der Waals surface area contributed by atoms with Crippen LogP contribution in [0.5, 0.6) is 0 Å². The number of hydrogen-bond acceptors (Lipinski definition) is 8. The van der Waals surface area contributed by atoms with Crippen LogP contribution >= 0.6 is 23.1 Å². The van der Waals surface area contributed by atoms with Crippen molar-refractivity contribution >= 4 is 40.1 Å². The molecule has 1 saturated heterocycles. The molecule has 0 saturated carbocycles. The van der Waals surface area contributed by atoms with E-state index in [9.17, 15) is 10.2 Å². The number of hydrogen-bond donors (Lipinski definition) is 3. The van der Waals surface area contributed by atoms with E-state index in [1.807, 2.05) is 17.5 Å². The third-order valence-corrected chi connectivity index (χ3v) is 6.77. The summed E-state index contributed by atoms with van der Waals surface area (Å²) in [6.07, 6.45) is 1.11. The molecule has 1 fully saturated rings. The fraction of sp³-hybridized carbons (Fsp3) is 0.421. The van der Waals surface area contributed by atoms with Crippen LogP contribution in [0.2, 0.25) is 0 Å². The van der Waals surface area contributed by atoms with Gasteiger partial charge in [0.2, 0.25) is 0 Å². The molecule has 3 atom stereocenters. The maximum atomic E-state index is 10.5. The Kier molecular flexibility index (Phi) is 5.55. The van der Waals surface area contributed by atoms with Gasteiger partial charge < -0.3 is 15.9 Å². The molecule has 146 valence electrons. The minimum absolute atomic E-state index is 0.279. The number of fused-ring (bicyclic) bond motifs is 1. The first-order valence-corrected chi connectivity index (χ1v) is 11.1. The normalized spacial score (nSPS) is 21.8. The van der Waals surface area contributed by atoms with Gasteiger partial charge in [0.05, 0.1) is 11.0 Å². The van der Waals surface area contributed by atoms with Crippen molar-refractivity contribution in [3.05, 3.63) is 23.3 Å². The van der Waals surface area contributed by atoms with Gasteiger partial charge in [0.15, 0.2) is 28.6 Å². The van der Waals surface area contributed by atoms with Crippen molar-refractivity contribution < 1.29 is 10.2 Å². The molecule has 0 amide bonds. The highest BCUT2D eigenvalue weighted by atomic mass is 32.2. The Balaban J connectivity index is 1.88. The molecule has 1 aliphatic rings. The second-order valence-corrected chi connectivity index (χ2v) is 8.67. The average Bonchev–Trinajstić information content (AvgIpc) is 3.40. The Hall–Kier alpha value is -2.12. The summed E-state index contributed by atoms with van der Waals surface area (Å²) in [4.78, 5) is 14.6. The van der Waals surface area contributed by atoms with Crippen molar-refractivity contribution in [2.75, 3.05) is 11.5 Å². The molecule has 3 aromatic rings. The molecule has 3 aromatic heterocycles. The third-order valence-electron chi connectivity index (χ3n) is 4.54. The lowest BCUT2D eigenvalue weighted by Crippen LogP contribution is -2.28. The Morgan fingerprint density at radius 2 is 2.18 bits per heavy atom. The minimum Gasteiger partial charge on any atom is -0.389 e. The smallest absolute Gasteiger partial charge is 0.188 e. The van der Waals surface area contributed by atoms with Crippen LogP contribution in [0.15, 0.2) is 17.5 Å². The third kappa shape index (κ3) is 3.49. The Morgan fingerprint density at radius 3 is 2.86 bits per heavy atom. The number of thiophene rings is 1. The number of thioether (sulfide) groups is 1. The molecule has 1 aliphatic heterocycles. The second-order valence-electron chi connectivity index (χ2n) is 6.57. The maximum absolute atomic E-state index is 10.5. The number of unbranched alkanes of at least 4 members (excludes halogenated alkanes) is 2. The highest BCUT2D eigenvalue weighted by molar-refractivity contribution is 7.99. The molecule has 4 N–H and O–H groups in total. The van der Waals surface area contributed by atoms with Gasteiger partial charge in [0.25, 0.3) is 0 Å².